The molecule has 1 aromatic heterocycles. The van der Waals surface area contributed by atoms with Gasteiger partial charge in [0.05, 0.1) is 10.9 Å². The van der Waals surface area contributed by atoms with Crippen LogP contribution in [0.2, 0.25) is 0 Å². The molecule has 2 aromatic rings. The Balaban J connectivity index is 2.50. The fourth-order valence-corrected chi connectivity index (χ4v) is 2.43. The van der Waals surface area contributed by atoms with Crippen molar-refractivity contribution in [2.75, 3.05) is 0 Å². The number of fused-ring (bicyclic) bond motifs is 1. The maximum atomic E-state index is 12.2. The maximum Gasteiger partial charge on any atom is 0.329 e. The van der Waals surface area contributed by atoms with E-state index in [0.29, 0.717) is 10.9 Å². The summed E-state index contributed by atoms with van der Waals surface area (Å²) in [4.78, 5) is 26.6. The Hall–Kier alpha value is -1.36. The SMILES string of the molecule is O=c1[nH]c2cccc(Br)c2c(=O)n1C1CC1. The first-order valence-corrected chi connectivity index (χ1v) is 5.91. The van der Waals surface area contributed by atoms with Crippen LogP contribution in [0.4, 0.5) is 0 Å². The Bertz CT molecular complexity index is 682. The first-order chi connectivity index (χ1) is 7.68. The minimum atomic E-state index is -0.307. The van der Waals surface area contributed by atoms with Gasteiger partial charge < -0.3 is 4.98 Å². The molecule has 1 N–H and O–H groups in total. The molecule has 3 rings (SSSR count). The summed E-state index contributed by atoms with van der Waals surface area (Å²) in [5.74, 6) is 0. The van der Waals surface area contributed by atoms with E-state index in [1.54, 1.807) is 18.2 Å². The lowest BCUT2D eigenvalue weighted by Crippen LogP contribution is -2.34. The number of H-pyrrole nitrogens is 1. The molecule has 1 aliphatic carbocycles. The van der Waals surface area contributed by atoms with Crippen LogP contribution in [0.15, 0.2) is 32.3 Å². The summed E-state index contributed by atoms with van der Waals surface area (Å²) in [5.41, 5.74) is 0.0769. The highest BCUT2D eigenvalue weighted by atomic mass is 79.9. The number of hydrogen-bond donors (Lipinski definition) is 1. The summed E-state index contributed by atoms with van der Waals surface area (Å²) >= 11 is 3.34. The second kappa shape index (κ2) is 3.31. The van der Waals surface area contributed by atoms with E-state index in [9.17, 15) is 9.59 Å². The van der Waals surface area contributed by atoms with Gasteiger partial charge in [0, 0.05) is 10.5 Å². The van der Waals surface area contributed by atoms with Gasteiger partial charge in [0.15, 0.2) is 0 Å². The zero-order valence-electron chi connectivity index (χ0n) is 8.37. The molecule has 82 valence electrons. The zero-order chi connectivity index (χ0) is 11.3. The molecule has 1 aromatic carbocycles. The number of aromatic amines is 1. The number of hydrogen-bond acceptors (Lipinski definition) is 2. The smallest absolute Gasteiger partial charge is 0.307 e. The fraction of sp³-hybridized carbons (Fsp3) is 0.273. The van der Waals surface area contributed by atoms with Crippen molar-refractivity contribution < 1.29 is 0 Å². The highest BCUT2D eigenvalue weighted by Crippen LogP contribution is 2.32. The van der Waals surface area contributed by atoms with Crippen LogP contribution >= 0.6 is 15.9 Å². The van der Waals surface area contributed by atoms with E-state index in [0.717, 1.165) is 17.3 Å². The van der Waals surface area contributed by atoms with E-state index in [4.69, 9.17) is 0 Å². The van der Waals surface area contributed by atoms with Gasteiger partial charge in [-0.15, -0.1) is 0 Å². The van der Waals surface area contributed by atoms with Gasteiger partial charge in [-0.2, -0.15) is 0 Å². The third-order valence-corrected chi connectivity index (χ3v) is 3.48. The average molecular weight is 281 g/mol. The van der Waals surface area contributed by atoms with Gasteiger partial charge in [0.25, 0.3) is 5.56 Å². The van der Waals surface area contributed by atoms with Crippen LogP contribution in [0, 0.1) is 0 Å². The summed E-state index contributed by atoms with van der Waals surface area (Å²) in [5, 5.41) is 0.550. The van der Waals surface area contributed by atoms with Crippen LogP contribution in [0.25, 0.3) is 10.9 Å². The van der Waals surface area contributed by atoms with Crippen molar-refractivity contribution in [2.45, 2.75) is 18.9 Å². The lowest BCUT2D eigenvalue weighted by atomic mass is 10.2. The minimum Gasteiger partial charge on any atom is -0.307 e. The Morgan fingerprint density at radius 3 is 2.75 bits per heavy atom. The normalized spacial score (nSPS) is 15.6. The first kappa shape index (κ1) is 9.84. The second-order valence-electron chi connectivity index (χ2n) is 4.00. The van der Waals surface area contributed by atoms with Crippen molar-refractivity contribution in [3.8, 4) is 0 Å². The van der Waals surface area contributed by atoms with Gasteiger partial charge in [0.2, 0.25) is 0 Å². The van der Waals surface area contributed by atoms with Crippen LogP contribution in [-0.4, -0.2) is 9.55 Å². The molecule has 0 unspecified atom stereocenters. The van der Waals surface area contributed by atoms with Crippen molar-refractivity contribution in [1.29, 1.82) is 0 Å². The first-order valence-electron chi connectivity index (χ1n) is 5.11. The molecule has 16 heavy (non-hydrogen) atoms. The number of aromatic nitrogens is 2. The van der Waals surface area contributed by atoms with Crippen molar-refractivity contribution in [1.82, 2.24) is 9.55 Å². The van der Waals surface area contributed by atoms with E-state index < -0.39 is 0 Å². The Morgan fingerprint density at radius 2 is 2.06 bits per heavy atom. The third kappa shape index (κ3) is 1.35. The van der Waals surface area contributed by atoms with Gasteiger partial charge in [0.1, 0.15) is 0 Å². The van der Waals surface area contributed by atoms with Crippen LogP contribution in [0.3, 0.4) is 0 Å². The predicted octanol–water partition coefficient (Wildman–Crippen LogP) is 1.79. The standard InChI is InChI=1S/C11H9BrN2O2/c12-7-2-1-3-8-9(7)10(15)14(6-4-5-6)11(16)13-8/h1-3,6H,4-5H2,(H,13,16). The van der Waals surface area contributed by atoms with Crippen molar-refractivity contribution >= 4 is 26.8 Å². The number of nitrogens with zero attached hydrogens (tertiary/aromatic N) is 1. The van der Waals surface area contributed by atoms with E-state index >= 15 is 0 Å². The number of halogens is 1. The van der Waals surface area contributed by atoms with Crippen LogP contribution < -0.4 is 11.2 Å². The molecule has 5 heteroatoms. The number of nitrogens with one attached hydrogen (secondary N) is 1. The predicted molar refractivity (Wildman–Crippen MR) is 64.8 cm³/mol. The topological polar surface area (TPSA) is 54.9 Å². The van der Waals surface area contributed by atoms with Gasteiger partial charge in [-0.1, -0.05) is 6.07 Å². The van der Waals surface area contributed by atoms with Gasteiger partial charge in [-0.3, -0.25) is 9.36 Å². The highest BCUT2D eigenvalue weighted by molar-refractivity contribution is 9.10. The molecular formula is C11H9BrN2O2. The molecule has 0 saturated heterocycles. The minimum absolute atomic E-state index is 0.0905. The van der Waals surface area contributed by atoms with Crippen molar-refractivity contribution in [3.63, 3.8) is 0 Å². The molecule has 0 amide bonds. The molecular weight excluding hydrogens is 272 g/mol. The van der Waals surface area contributed by atoms with Gasteiger partial charge in [-0.05, 0) is 40.9 Å². The molecule has 0 aliphatic heterocycles. The molecule has 1 saturated carbocycles. The van der Waals surface area contributed by atoms with Crippen LogP contribution in [0.5, 0.6) is 0 Å². The summed E-state index contributed by atoms with van der Waals surface area (Å²) in [6, 6.07) is 5.43. The van der Waals surface area contributed by atoms with Crippen molar-refractivity contribution in [2.24, 2.45) is 0 Å². The van der Waals surface area contributed by atoms with E-state index in [-0.39, 0.29) is 17.3 Å². The lowest BCUT2D eigenvalue weighted by Gasteiger charge is -2.05. The molecule has 0 bridgehead atoms. The van der Waals surface area contributed by atoms with E-state index in [1.165, 1.54) is 4.57 Å². The molecule has 0 atom stereocenters. The largest absolute Gasteiger partial charge is 0.329 e. The van der Waals surface area contributed by atoms with Crippen LogP contribution in [-0.2, 0) is 0 Å². The monoisotopic (exact) mass is 280 g/mol. The fourth-order valence-electron chi connectivity index (χ4n) is 1.90. The van der Waals surface area contributed by atoms with Gasteiger partial charge >= 0.3 is 5.69 Å². The van der Waals surface area contributed by atoms with Crippen LogP contribution in [0.1, 0.15) is 18.9 Å². The number of benzene rings is 1. The summed E-state index contributed by atoms with van der Waals surface area (Å²) < 4.78 is 2.05. The Labute approximate surface area is 99.0 Å². The molecule has 1 fully saturated rings. The van der Waals surface area contributed by atoms with E-state index in [1.807, 2.05) is 0 Å². The summed E-state index contributed by atoms with van der Waals surface area (Å²) in [7, 11) is 0. The van der Waals surface area contributed by atoms with Gasteiger partial charge in [-0.25, -0.2) is 4.79 Å². The quantitative estimate of drug-likeness (QED) is 0.866. The third-order valence-electron chi connectivity index (χ3n) is 2.82. The lowest BCUT2D eigenvalue weighted by molar-refractivity contribution is 0.665. The molecule has 0 spiro atoms. The maximum absolute atomic E-state index is 12.2. The Morgan fingerprint density at radius 1 is 1.31 bits per heavy atom. The number of rotatable bonds is 1. The Kier molecular flexibility index (Phi) is 2.04. The zero-order valence-corrected chi connectivity index (χ0v) is 9.95. The molecule has 1 aliphatic rings. The molecule has 0 radical (unpaired) electrons. The van der Waals surface area contributed by atoms with Crippen molar-refractivity contribution in [3.05, 3.63) is 43.5 Å². The average Bonchev–Trinajstić information content (AvgIpc) is 3.01. The second-order valence-corrected chi connectivity index (χ2v) is 4.85. The highest BCUT2D eigenvalue weighted by Gasteiger charge is 2.27. The summed E-state index contributed by atoms with van der Waals surface area (Å²) in [6.45, 7) is 0. The molecule has 4 nitrogen and oxygen atoms in total. The molecule has 1 heterocycles. The van der Waals surface area contributed by atoms with E-state index in [2.05, 4.69) is 20.9 Å². The summed E-state index contributed by atoms with van der Waals surface area (Å²) in [6.07, 6.45) is 1.83.